The second kappa shape index (κ2) is 23.4. The maximum absolute atomic E-state index is 15.0. The van der Waals surface area contributed by atoms with Crippen molar-refractivity contribution < 1.29 is 38.1 Å². The van der Waals surface area contributed by atoms with E-state index in [4.69, 9.17) is 37.5 Å². The van der Waals surface area contributed by atoms with Gasteiger partial charge in [0.15, 0.2) is 0 Å². The number of terminal acetylenes is 2. The highest BCUT2D eigenvalue weighted by Crippen LogP contribution is 2.56. The number of carbonyl (C=O) groups excluding carboxylic acids is 4. The monoisotopic (exact) mass is 1210 g/mol. The fraction of sp³-hybridized carbons (Fsp3) is 0.0938. The largest absolute Gasteiger partial charge is 0.493 e. The number of hydrogen-bond acceptors (Lipinski definition) is 9. The van der Waals surface area contributed by atoms with Crippen molar-refractivity contribution in [2.24, 2.45) is 0 Å². The predicted molar refractivity (Wildman–Crippen MR) is 314 cm³/mol. The average molecular weight is 1210 g/mol. The number of amides is 4. The van der Waals surface area contributed by atoms with E-state index < -0.39 is 23.6 Å². The SMILES string of the molecule is C#CC#CC#CC#CCOc1cc2c3c(cc(OCC#CC#CC#CC#C)c4c5c(OCC)cc6c7c(cc(OCC)c(c1c34)c75)C(=O)N(c1ccc(Br)cc1)C6=O)C(=O)N(c1ccc(Br)cc1)C2=O.Nc1ccc(Br)cc1. The number of hydrogen-bond donors (Lipinski definition) is 1. The molecule has 10 rings (SSSR count). The molecule has 374 valence electrons. The first-order valence-corrected chi connectivity index (χ1v) is 25.8. The van der Waals surface area contributed by atoms with Crippen LogP contribution in [-0.2, 0) is 0 Å². The molecule has 0 radical (unpaired) electrons. The molecule has 0 fully saturated rings. The molecule has 2 aliphatic rings. The summed E-state index contributed by atoms with van der Waals surface area (Å²) in [6, 6.07) is 27.4. The van der Waals surface area contributed by atoms with Crippen LogP contribution in [0, 0.1) is 95.7 Å². The number of nitrogens with zero attached hydrogens (tertiary/aromatic N) is 2. The molecule has 0 aliphatic carbocycles. The first kappa shape index (κ1) is 53.1. The molecule has 78 heavy (non-hydrogen) atoms. The Morgan fingerprint density at radius 2 is 0.705 bits per heavy atom. The summed E-state index contributed by atoms with van der Waals surface area (Å²) in [5.41, 5.74) is 7.46. The van der Waals surface area contributed by atoms with Gasteiger partial charge in [0.25, 0.3) is 23.6 Å². The normalized spacial score (nSPS) is 11.6. The fourth-order valence-corrected chi connectivity index (χ4v) is 9.83. The van der Waals surface area contributed by atoms with Crippen molar-refractivity contribution in [3.05, 3.63) is 133 Å². The van der Waals surface area contributed by atoms with Crippen LogP contribution < -0.4 is 34.5 Å². The second-order valence-electron chi connectivity index (χ2n) is 16.4. The number of nitrogen functional groups attached to an aromatic ring is 1. The highest BCUT2D eigenvalue weighted by molar-refractivity contribution is 9.11. The van der Waals surface area contributed by atoms with Crippen molar-refractivity contribution in [3.63, 3.8) is 0 Å². The minimum Gasteiger partial charge on any atom is -0.493 e. The van der Waals surface area contributed by atoms with Gasteiger partial charge < -0.3 is 24.7 Å². The van der Waals surface area contributed by atoms with Crippen LogP contribution in [0.5, 0.6) is 23.0 Å². The van der Waals surface area contributed by atoms with Crippen LogP contribution in [0.15, 0.2) is 110 Å². The number of carbonyl (C=O) groups is 4. The molecule has 8 aromatic rings. The number of halogens is 3. The molecule has 4 amide bonds. The Hall–Kier alpha value is -9.74. The van der Waals surface area contributed by atoms with Gasteiger partial charge in [0, 0.05) is 62.2 Å². The molecule has 0 bridgehead atoms. The highest BCUT2D eigenvalue weighted by atomic mass is 79.9. The Balaban J connectivity index is 0.000000848. The van der Waals surface area contributed by atoms with Gasteiger partial charge in [0.1, 0.15) is 36.2 Å². The number of nitrogens with two attached hydrogens (primary N) is 1. The zero-order chi connectivity index (χ0) is 55.0. The van der Waals surface area contributed by atoms with Crippen molar-refractivity contribution >= 4 is 132 Å². The third kappa shape index (κ3) is 10.2. The third-order valence-corrected chi connectivity index (χ3v) is 13.5. The van der Waals surface area contributed by atoms with Crippen LogP contribution in [0.2, 0.25) is 0 Å². The second-order valence-corrected chi connectivity index (χ2v) is 19.2. The molecule has 0 saturated carbocycles. The molecular formula is C64H34Br3N3O8. The minimum absolute atomic E-state index is 0.125. The number of imide groups is 2. The van der Waals surface area contributed by atoms with E-state index in [1.54, 1.807) is 86.6 Å². The first-order valence-electron chi connectivity index (χ1n) is 23.5. The van der Waals surface area contributed by atoms with Gasteiger partial charge in [-0.25, -0.2) is 9.80 Å². The van der Waals surface area contributed by atoms with Gasteiger partial charge in [0.2, 0.25) is 0 Å². The highest BCUT2D eigenvalue weighted by Gasteiger charge is 2.42. The molecule has 2 aliphatic heterocycles. The van der Waals surface area contributed by atoms with Crippen LogP contribution in [0.4, 0.5) is 17.1 Å². The lowest BCUT2D eigenvalue weighted by atomic mass is 9.80. The molecule has 0 aromatic heterocycles. The van der Waals surface area contributed by atoms with E-state index in [9.17, 15) is 9.59 Å². The van der Waals surface area contributed by atoms with E-state index in [1.165, 1.54) is 0 Å². The van der Waals surface area contributed by atoms with Gasteiger partial charge in [-0.1, -0.05) is 47.8 Å². The lowest BCUT2D eigenvalue weighted by Crippen LogP contribution is -2.40. The summed E-state index contributed by atoms with van der Waals surface area (Å²) in [5, 5.41) is 2.93. The smallest absolute Gasteiger partial charge is 0.266 e. The van der Waals surface area contributed by atoms with Gasteiger partial charge in [-0.3, -0.25) is 19.2 Å². The maximum atomic E-state index is 15.0. The van der Waals surface area contributed by atoms with E-state index in [0.29, 0.717) is 54.5 Å². The molecule has 8 aromatic carbocycles. The standard InChI is InChI=1S/C58H28Br2N2O8.C6H6BrN/c1-5-9-11-13-15-17-19-29-69-45-33-41-48-42(58(66)62(57(41)65)38-27-23-36(60)24-28-38)34-46(70-30-20-18-16-14-12-10-6-2)52-50-44(68-8-4)32-40-47-39(31-43(67-7-3)49(53(47)50)51(45)54(48)52)55(63)61(56(40)64)37-25-21-35(59)22-26-37;7-5-1-3-6(8)4-2-5/h1-2,21-28,31-34H,7-8,29-30H2,3-4H3;1-4H,8H2. The average Bonchev–Trinajstić information content (AvgIpc) is 3.39. The van der Waals surface area contributed by atoms with Crippen molar-refractivity contribution in [3.8, 4) is 119 Å². The van der Waals surface area contributed by atoms with Crippen molar-refractivity contribution in [2.75, 3.05) is 42.0 Å². The molecule has 11 nitrogen and oxygen atoms in total. The maximum Gasteiger partial charge on any atom is 0.266 e. The number of benzene rings is 8. The zero-order valence-corrected chi connectivity index (χ0v) is 45.9. The molecule has 0 spiro atoms. The Labute approximate surface area is 473 Å². The van der Waals surface area contributed by atoms with Gasteiger partial charge in [-0.05, 0) is 194 Å². The van der Waals surface area contributed by atoms with E-state index in [2.05, 4.69) is 131 Å². The molecule has 2 heterocycles. The minimum atomic E-state index is -0.632. The van der Waals surface area contributed by atoms with Crippen LogP contribution in [0.1, 0.15) is 55.3 Å². The van der Waals surface area contributed by atoms with Crippen molar-refractivity contribution in [2.45, 2.75) is 13.8 Å². The fourth-order valence-electron chi connectivity index (χ4n) is 9.03. The van der Waals surface area contributed by atoms with Crippen molar-refractivity contribution in [1.29, 1.82) is 0 Å². The van der Waals surface area contributed by atoms with E-state index in [-0.39, 0.29) is 71.7 Å². The number of fused-ring (bicyclic) bond motifs is 2. The summed E-state index contributed by atoms with van der Waals surface area (Å²) in [7, 11) is 0. The lowest BCUT2D eigenvalue weighted by Gasteiger charge is -2.32. The number of rotatable bonds is 10. The Morgan fingerprint density at radius 3 is 1.01 bits per heavy atom. The third-order valence-electron chi connectivity index (χ3n) is 12.0. The van der Waals surface area contributed by atoms with Gasteiger partial charge in [0.05, 0.1) is 46.8 Å². The zero-order valence-electron chi connectivity index (χ0n) is 41.1. The van der Waals surface area contributed by atoms with Gasteiger partial charge in [-0.2, -0.15) is 0 Å². The molecule has 0 saturated heterocycles. The van der Waals surface area contributed by atoms with E-state index >= 15 is 9.59 Å². The van der Waals surface area contributed by atoms with E-state index in [1.807, 2.05) is 24.3 Å². The Kier molecular flexibility index (Phi) is 16.0. The summed E-state index contributed by atoms with van der Waals surface area (Å²) in [5.74, 6) is 34.1. The van der Waals surface area contributed by atoms with Crippen LogP contribution in [-0.4, -0.2) is 50.1 Å². The topological polar surface area (TPSA) is 138 Å². The molecule has 0 atom stereocenters. The summed E-state index contributed by atoms with van der Waals surface area (Å²) in [4.78, 5) is 62.0. The number of anilines is 3. The summed E-state index contributed by atoms with van der Waals surface area (Å²) in [6.45, 7) is 3.42. The summed E-state index contributed by atoms with van der Waals surface area (Å²) >= 11 is 10.2. The summed E-state index contributed by atoms with van der Waals surface area (Å²) in [6.07, 6.45) is 10.4. The first-order chi connectivity index (χ1) is 37.9. The molecule has 14 heteroatoms. The molecule has 2 N–H and O–H groups in total. The van der Waals surface area contributed by atoms with Crippen molar-refractivity contribution in [1.82, 2.24) is 0 Å². The van der Waals surface area contributed by atoms with Gasteiger partial charge >= 0.3 is 0 Å². The summed E-state index contributed by atoms with van der Waals surface area (Å²) < 4.78 is 28.6. The quantitative estimate of drug-likeness (QED) is 0.0466. The van der Waals surface area contributed by atoms with Crippen LogP contribution >= 0.6 is 47.8 Å². The lowest BCUT2D eigenvalue weighted by molar-refractivity contribution is 0.0877. The Bertz CT molecular complexity index is 4140. The molecular weight excluding hydrogens is 1180 g/mol. The Morgan fingerprint density at radius 1 is 0.410 bits per heavy atom. The van der Waals surface area contributed by atoms with E-state index in [0.717, 1.165) is 28.9 Å². The molecule has 0 unspecified atom stereocenters. The number of ether oxygens (including phenoxy) is 4. The van der Waals surface area contributed by atoms with Gasteiger partial charge in [-0.15, -0.1) is 12.8 Å². The predicted octanol–water partition coefficient (Wildman–Crippen LogP) is 11.7. The van der Waals surface area contributed by atoms with Crippen LogP contribution in [0.25, 0.3) is 43.1 Å². The van der Waals surface area contributed by atoms with Crippen LogP contribution in [0.3, 0.4) is 0 Å².